The molecule has 1 aromatic rings. The van der Waals surface area contributed by atoms with Crippen LogP contribution in [0.25, 0.3) is 0 Å². The van der Waals surface area contributed by atoms with Gasteiger partial charge in [0.05, 0.1) is 0 Å². The minimum Gasteiger partial charge on any atom is -0.352 e. The Hall–Kier alpha value is -1.35. The fourth-order valence-corrected chi connectivity index (χ4v) is 3.02. The summed E-state index contributed by atoms with van der Waals surface area (Å²) in [5, 5.41) is 6.56. The third-order valence-electron chi connectivity index (χ3n) is 4.17. The smallest absolute Gasteiger partial charge is 0.220 e. The van der Waals surface area contributed by atoms with Crippen LogP contribution in [0.5, 0.6) is 0 Å². The van der Waals surface area contributed by atoms with Crippen LogP contribution >= 0.6 is 0 Å². The normalized spacial score (nSPS) is 20.8. The molecule has 0 bridgehead atoms. The van der Waals surface area contributed by atoms with Gasteiger partial charge in [-0.1, -0.05) is 44.2 Å². The predicted molar refractivity (Wildman–Crippen MR) is 82.7 cm³/mol. The van der Waals surface area contributed by atoms with Crippen molar-refractivity contribution in [3.63, 3.8) is 0 Å². The highest BCUT2D eigenvalue weighted by Gasteiger charge is 2.25. The van der Waals surface area contributed by atoms with Gasteiger partial charge >= 0.3 is 0 Å². The van der Waals surface area contributed by atoms with E-state index in [0.717, 1.165) is 19.4 Å². The van der Waals surface area contributed by atoms with Crippen molar-refractivity contribution in [3.05, 3.63) is 35.9 Å². The number of nitrogens with one attached hydrogen (secondary N) is 2. The molecule has 3 heteroatoms. The molecule has 0 aliphatic carbocycles. The van der Waals surface area contributed by atoms with E-state index in [1.807, 2.05) is 0 Å². The summed E-state index contributed by atoms with van der Waals surface area (Å²) in [6.45, 7) is 7.68. The van der Waals surface area contributed by atoms with E-state index < -0.39 is 0 Å². The maximum Gasteiger partial charge on any atom is 0.220 e. The molecule has 2 atom stereocenters. The largest absolute Gasteiger partial charge is 0.352 e. The van der Waals surface area contributed by atoms with E-state index in [9.17, 15) is 4.79 Å². The molecular weight excluding hydrogens is 248 g/mol. The van der Waals surface area contributed by atoms with Gasteiger partial charge in [0.15, 0.2) is 0 Å². The quantitative estimate of drug-likeness (QED) is 0.837. The van der Waals surface area contributed by atoms with Crippen LogP contribution in [0.15, 0.2) is 30.3 Å². The lowest BCUT2D eigenvalue weighted by molar-refractivity contribution is -0.119. The third-order valence-corrected chi connectivity index (χ3v) is 4.17. The Balaban J connectivity index is 1.81. The van der Waals surface area contributed by atoms with E-state index in [2.05, 4.69) is 61.7 Å². The zero-order chi connectivity index (χ0) is 14.6. The van der Waals surface area contributed by atoms with Crippen LogP contribution in [0.2, 0.25) is 0 Å². The first kappa shape index (κ1) is 15.0. The zero-order valence-electron chi connectivity index (χ0n) is 12.8. The van der Waals surface area contributed by atoms with Crippen molar-refractivity contribution in [2.24, 2.45) is 0 Å². The molecule has 0 saturated carbocycles. The first-order chi connectivity index (χ1) is 9.47. The van der Waals surface area contributed by atoms with E-state index in [1.165, 1.54) is 5.56 Å². The van der Waals surface area contributed by atoms with Crippen molar-refractivity contribution < 1.29 is 4.79 Å². The molecule has 1 aliphatic rings. The van der Waals surface area contributed by atoms with E-state index in [-0.39, 0.29) is 11.3 Å². The summed E-state index contributed by atoms with van der Waals surface area (Å²) in [5.74, 6) is 0.189. The minimum absolute atomic E-state index is 0.159. The van der Waals surface area contributed by atoms with E-state index in [4.69, 9.17) is 0 Å². The molecule has 1 fully saturated rings. The molecule has 2 N–H and O–H groups in total. The fourth-order valence-electron chi connectivity index (χ4n) is 3.02. The second-order valence-electron chi connectivity index (χ2n) is 6.57. The fraction of sp³-hybridized carbons (Fsp3) is 0.588. The Morgan fingerprint density at radius 3 is 2.65 bits per heavy atom. The molecule has 2 rings (SSSR count). The number of benzene rings is 1. The molecule has 0 aromatic heterocycles. The molecule has 1 aromatic carbocycles. The Morgan fingerprint density at radius 1 is 1.35 bits per heavy atom. The van der Waals surface area contributed by atoms with Crippen LogP contribution in [0.3, 0.4) is 0 Å². The monoisotopic (exact) mass is 274 g/mol. The number of rotatable bonds is 6. The van der Waals surface area contributed by atoms with Gasteiger partial charge in [-0.25, -0.2) is 0 Å². The predicted octanol–water partition coefficient (Wildman–Crippen LogP) is 2.61. The van der Waals surface area contributed by atoms with Gasteiger partial charge in [-0.2, -0.15) is 0 Å². The minimum atomic E-state index is 0.159. The number of amides is 1. The van der Waals surface area contributed by atoms with Crippen LogP contribution in [-0.2, 0) is 10.2 Å². The summed E-state index contributed by atoms with van der Waals surface area (Å²) >= 11 is 0. The van der Waals surface area contributed by atoms with Gasteiger partial charge < -0.3 is 10.6 Å². The first-order valence-corrected chi connectivity index (χ1v) is 7.55. The number of hydrogen-bond acceptors (Lipinski definition) is 2. The van der Waals surface area contributed by atoms with Crippen LogP contribution < -0.4 is 10.6 Å². The molecule has 110 valence electrons. The maximum atomic E-state index is 11.2. The van der Waals surface area contributed by atoms with Gasteiger partial charge in [0.2, 0.25) is 5.91 Å². The highest BCUT2D eigenvalue weighted by Crippen LogP contribution is 2.28. The first-order valence-electron chi connectivity index (χ1n) is 7.55. The Bertz CT molecular complexity index is 442. The maximum absolute atomic E-state index is 11.2. The summed E-state index contributed by atoms with van der Waals surface area (Å²) in [6.07, 6.45) is 2.72. The van der Waals surface area contributed by atoms with E-state index in [1.54, 1.807) is 0 Å². The van der Waals surface area contributed by atoms with Crippen molar-refractivity contribution in [1.29, 1.82) is 0 Å². The average Bonchev–Trinajstić information content (AvgIpc) is 2.83. The topological polar surface area (TPSA) is 41.1 Å². The van der Waals surface area contributed by atoms with Gasteiger partial charge in [0.1, 0.15) is 0 Å². The van der Waals surface area contributed by atoms with Crippen LogP contribution in [0, 0.1) is 0 Å². The summed E-state index contributed by atoms with van der Waals surface area (Å²) < 4.78 is 0. The summed E-state index contributed by atoms with van der Waals surface area (Å²) in [7, 11) is 0. The standard InChI is InChI=1S/C17H26N2O/c1-13(18-12-15-9-10-16(20)19-15)11-17(2,3)14-7-5-4-6-8-14/h4-8,13,15,18H,9-12H2,1-3H3,(H,19,20). The Morgan fingerprint density at radius 2 is 2.05 bits per heavy atom. The van der Waals surface area contributed by atoms with Gasteiger partial charge in [0, 0.05) is 25.0 Å². The van der Waals surface area contributed by atoms with Crippen LogP contribution in [-0.4, -0.2) is 24.5 Å². The van der Waals surface area contributed by atoms with Gasteiger partial charge in [-0.05, 0) is 30.7 Å². The van der Waals surface area contributed by atoms with E-state index in [0.29, 0.717) is 18.5 Å². The highest BCUT2D eigenvalue weighted by molar-refractivity contribution is 5.78. The van der Waals surface area contributed by atoms with Crippen LogP contribution in [0.4, 0.5) is 0 Å². The van der Waals surface area contributed by atoms with Gasteiger partial charge in [-0.15, -0.1) is 0 Å². The third kappa shape index (κ3) is 4.07. The van der Waals surface area contributed by atoms with Crippen molar-refractivity contribution in [3.8, 4) is 0 Å². The molecule has 1 amide bonds. The Kier molecular flexibility index (Phi) is 4.81. The zero-order valence-corrected chi connectivity index (χ0v) is 12.8. The molecule has 1 aliphatic heterocycles. The van der Waals surface area contributed by atoms with Crippen molar-refractivity contribution >= 4 is 5.91 Å². The van der Waals surface area contributed by atoms with Gasteiger partial charge in [0.25, 0.3) is 0 Å². The highest BCUT2D eigenvalue weighted by atomic mass is 16.1. The lowest BCUT2D eigenvalue weighted by Gasteiger charge is -2.29. The summed E-state index contributed by atoms with van der Waals surface area (Å²) in [4.78, 5) is 11.2. The SMILES string of the molecule is CC(CC(C)(C)c1ccccc1)NCC1CCC(=O)N1. The summed E-state index contributed by atoms with van der Waals surface area (Å²) in [5.41, 5.74) is 1.54. The lowest BCUT2D eigenvalue weighted by Crippen LogP contribution is -2.41. The average molecular weight is 274 g/mol. The van der Waals surface area contributed by atoms with Crippen molar-refractivity contribution in [2.45, 2.75) is 57.5 Å². The number of carbonyl (C=O) groups is 1. The van der Waals surface area contributed by atoms with E-state index >= 15 is 0 Å². The number of carbonyl (C=O) groups excluding carboxylic acids is 1. The second kappa shape index (κ2) is 6.40. The molecule has 3 nitrogen and oxygen atoms in total. The van der Waals surface area contributed by atoms with Crippen LogP contribution in [0.1, 0.15) is 45.6 Å². The van der Waals surface area contributed by atoms with Crippen molar-refractivity contribution in [2.75, 3.05) is 6.54 Å². The molecule has 0 spiro atoms. The Labute approximate surface area is 122 Å². The molecule has 1 saturated heterocycles. The summed E-state index contributed by atoms with van der Waals surface area (Å²) in [6, 6.07) is 11.4. The van der Waals surface area contributed by atoms with Gasteiger partial charge in [-0.3, -0.25) is 4.79 Å². The molecule has 2 unspecified atom stereocenters. The lowest BCUT2D eigenvalue weighted by atomic mass is 9.79. The van der Waals surface area contributed by atoms with Crippen molar-refractivity contribution in [1.82, 2.24) is 10.6 Å². The molecule has 0 radical (unpaired) electrons. The molecular formula is C17H26N2O. The molecule has 20 heavy (non-hydrogen) atoms. The second-order valence-corrected chi connectivity index (χ2v) is 6.57. The number of hydrogen-bond donors (Lipinski definition) is 2. The molecule has 1 heterocycles.